The van der Waals surface area contributed by atoms with Crippen molar-refractivity contribution in [3.05, 3.63) is 50.3 Å². The van der Waals surface area contributed by atoms with Crippen LogP contribution in [0.15, 0.2) is 28.4 Å². The van der Waals surface area contributed by atoms with Crippen LogP contribution in [0.25, 0.3) is 21.3 Å². The van der Waals surface area contributed by atoms with E-state index in [2.05, 4.69) is 4.98 Å². The van der Waals surface area contributed by atoms with Gasteiger partial charge in [0.05, 0.1) is 5.39 Å². The number of benzene rings is 1. The van der Waals surface area contributed by atoms with E-state index in [0.29, 0.717) is 27.5 Å². The molecule has 0 aliphatic carbocycles. The summed E-state index contributed by atoms with van der Waals surface area (Å²) in [5.41, 5.74) is 2.22. The second-order valence-electron chi connectivity index (χ2n) is 5.86. The average Bonchev–Trinajstić information content (AvgIpc) is 3.00. The number of rotatable bonds is 4. The van der Waals surface area contributed by atoms with E-state index in [0.717, 1.165) is 16.7 Å². The summed E-state index contributed by atoms with van der Waals surface area (Å²) in [7, 11) is 0. The lowest BCUT2D eigenvalue weighted by molar-refractivity contribution is -0.140. The summed E-state index contributed by atoms with van der Waals surface area (Å²) in [6, 6.07) is 4.60. The van der Waals surface area contributed by atoms with E-state index in [4.69, 9.17) is 11.6 Å². The Hall–Kier alpha value is -2.18. The Morgan fingerprint density at radius 2 is 2.16 bits per heavy atom. The number of aryl methyl sites for hydroxylation is 2. The molecule has 2 heterocycles. The van der Waals surface area contributed by atoms with Gasteiger partial charge in [0, 0.05) is 22.4 Å². The predicted molar refractivity (Wildman–Crippen MR) is 101 cm³/mol. The molecule has 1 atom stereocenters. The number of hydrogen-bond acceptors (Lipinski definition) is 4. The summed E-state index contributed by atoms with van der Waals surface area (Å²) in [4.78, 5) is 29.7. The quantitative estimate of drug-likeness (QED) is 0.737. The highest BCUT2D eigenvalue weighted by Crippen LogP contribution is 2.33. The average molecular weight is 377 g/mol. The lowest BCUT2D eigenvalue weighted by Crippen LogP contribution is -2.31. The first-order chi connectivity index (χ1) is 11.8. The molecular weight excluding hydrogens is 360 g/mol. The van der Waals surface area contributed by atoms with Gasteiger partial charge in [0.2, 0.25) is 0 Å². The summed E-state index contributed by atoms with van der Waals surface area (Å²) in [5.74, 6) is -0.579. The van der Waals surface area contributed by atoms with Crippen LogP contribution in [-0.4, -0.2) is 20.6 Å². The van der Waals surface area contributed by atoms with Crippen LogP contribution in [0.1, 0.15) is 31.3 Å². The molecule has 1 aromatic carbocycles. The highest BCUT2D eigenvalue weighted by molar-refractivity contribution is 7.17. The Kier molecular flexibility index (Phi) is 4.67. The second kappa shape index (κ2) is 6.61. The van der Waals surface area contributed by atoms with Crippen molar-refractivity contribution in [1.29, 1.82) is 0 Å². The van der Waals surface area contributed by atoms with E-state index in [9.17, 15) is 14.7 Å². The second-order valence-corrected chi connectivity index (χ2v) is 7.13. The van der Waals surface area contributed by atoms with Crippen LogP contribution in [0, 0.1) is 6.92 Å². The summed E-state index contributed by atoms with van der Waals surface area (Å²) in [6.07, 6.45) is 0.482. The molecule has 3 aromatic rings. The van der Waals surface area contributed by atoms with Crippen molar-refractivity contribution in [2.24, 2.45) is 0 Å². The van der Waals surface area contributed by atoms with Crippen molar-refractivity contribution in [1.82, 2.24) is 9.55 Å². The summed E-state index contributed by atoms with van der Waals surface area (Å²) in [6.45, 7) is 5.25. The van der Waals surface area contributed by atoms with Crippen LogP contribution in [-0.2, 0) is 11.2 Å². The van der Waals surface area contributed by atoms with Crippen molar-refractivity contribution in [2.45, 2.75) is 33.2 Å². The first kappa shape index (κ1) is 17.6. The minimum atomic E-state index is -1.06. The number of halogens is 1. The smallest absolute Gasteiger partial charge is 0.326 e. The molecule has 2 aromatic heterocycles. The fraction of sp³-hybridized carbons (Fsp3) is 0.278. The SMILES string of the molecule is CCc1nc2scc(-c3ccc(Cl)c(C)c3)c2c(=O)n1C(C)C(=O)O. The Balaban J connectivity index is 2.33. The third-order valence-corrected chi connectivity index (χ3v) is 5.54. The van der Waals surface area contributed by atoms with Crippen molar-refractivity contribution in [3.63, 3.8) is 0 Å². The van der Waals surface area contributed by atoms with Crippen LogP contribution in [0.5, 0.6) is 0 Å². The van der Waals surface area contributed by atoms with Crippen molar-refractivity contribution < 1.29 is 9.90 Å². The van der Waals surface area contributed by atoms with Crippen LogP contribution in [0.3, 0.4) is 0 Å². The molecule has 25 heavy (non-hydrogen) atoms. The zero-order valence-electron chi connectivity index (χ0n) is 14.0. The van der Waals surface area contributed by atoms with Crippen LogP contribution in [0.4, 0.5) is 0 Å². The molecule has 0 amide bonds. The maximum atomic E-state index is 13.1. The normalized spacial score (nSPS) is 12.5. The molecule has 3 rings (SSSR count). The number of nitrogens with zero attached hydrogens (tertiary/aromatic N) is 2. The van der Waals surface area contributed by atoms with E-state index in [-0.39, 0.29) is 5.56 Å². The van der Waals surface area contributed by atoms with Gasteiger partial charge in [-0.15, -0.1) is 11.3 Å². The number of fused-ring (bicyclic) bond motifs is 1. The molecule has 0 radical (unpaired) electrons. The van der Waals surface area contributed by atoms with Crippen molar-refractivity contribution >= 4 is 39.1 Å². The summed E-state index contributed by atoms with van der Waals surface area (Å²) in [5, 5.41) is 12.4. The third-order valence-electron chi connectivity index (χ3n) is 4.24. The van der Waals surface area contributed by atoms with Gasteiger partial charge in [-0.2, -0.15) is 0 Å². The Bertz CT molecular complexity index is 1040. The first-order valence-electron chi connectivity index (χ1n) is 7.87. The summed E-state index contributed by atoms with van der Waals surface area (Å²) >= 11 is 7.48. The Morgan fingerprint density at radius 1 is 1.44 bits per heavy atom. The standard InChI is InChI=1S/C18H17ClN2O3S/c1-4-14-20-16-15(17(22)21(14)10(3)18(23)24)12(8-25-16)11-5-6-13(19)9(2)7-11/h5-8,10H,4H2,1-3H3,(H,23,24). The highest BCUT2D eigenvalue weighted by atomic mass is 35.5. The van der Waals surface area contributed by atoms with Gasteiger partial charge in [-0.25, -0.2) is 9.78 Å². The van der Waals surface area contributed by atoms with E-state index in [1.807, 2.05) is 31.4 Å². The molecule has 1 N–H and O–H groups in total. The van der Waals surface area contributed by atoms with Crippen molar-refractivity contribution in [2.75, 3.05) is 0 Å². The lowest BCUT2D eigenvalue weighted by Gasteiger charge is -2.15. The number of hydrogen-bond donors (Lipinski definition) is 1. The molecular formula is C18H17ClN2O3S. The lowest BCUT2D eigenvalue weighted by atomic mass is 10.0. The fourth-order valence-corrected chi connectivity index (χ4v) is 3.90. The molecule has 0 fully saturated rings. The minimum Gasteiger partial charge on any atom is -0.480 e. The van der Waals surface area contributed by atoms with Crippen LogP contribution < -0.4 is 5.56 Å². The molecule has 0 aliphatic heterocycles. The van der Waals surface area contributed by atoms with E-state index < -0.39 is 12.0 Å². The van der Waals surface area contributed by atoms with Gasteiger partial charge in [-0.05, 0) is 37.1 Å². The highest BCUT2D eigenvalue weighted by Gasteiger charge is 2.23. The molecule has 0 saturated heterocycles. The first-order valence-corrected chi connectivity index (χ1v) is 9.12. The van der Waals surface area contributed by atoms with E-state index in [1.165, 1.54) is 22.8 Å². The van der Waals surface area contributed by atoms with Gasteiger partial charge >= 0.3 is 5.97 Å². The number of carbonyl (C=O) groups is 1. The maximum absolute atomic E-state index is 13.1. The molecule has 0 saturated carbocycles. The Labute approximate surface area is 153 Å². The van der Waals surface area contributed by atoms with E-state index >= 15 is 0 Å². The molecule has 0 aliphatic rings. The van der Waals surface area contributed by atoms with Gasteiger partial charge in [-0.1, -0.05) is 24.6 Å². The zero-order valence-corrected chi connectivity index (χ0v) is 15.6. The molecule has 5 nitrogen and oxygen atoms in total. The number of aliphatic carboxylic acids is 1. The topological polar surface area (TPSA) is 72.2 Å². The van der Waals surface area contributed by atoms with Gasteiger partial charge in [0.15, 0.2) is 0 Å². The molecule has 1 unspecified atom stereocenters. The number of aromatic nitrogens is 2. The number of carboxylic acid groups (broad SMARTS) is 1. The molecule has 0 bridgehead atoms. The molecule has 130 valence electrons. The molecule has 7 heteroatoms. The Morgan fingerprint density at radius 3 is 2.76 bits per heavy atom. The third kappa shape index (κ3) is 2.96. The number of carboxylic acids is 1. The minimum absolute atomic E-state index is 0.319. The number of thiophene rings is 1. The van der Waals surface area contributed by atoms with E-state index in [1.54, 1.807) is 6.07 Å². The van der Waals surface area contributed by atoms with Crippen molar-refractivity contribution in [3.8, 4) is 11.1 Å². The van der Waals surface area contributed by atoms with Gasteiger partial charge in [0.25, 0.3) is 5.56 Å². The zero-order chi connectivity index (χ0) is 18.3. The van der Waals surface area contributed by atoms with Gasteiger partial charge in [0.1, 0.15) is 16.7 Å². The van der Waals surface area contributed by atoms with Crippen LogP contribution in [0.2, 0.25) is 5.02 Å². The monoisotopic (exact) mass is 376 g/mol. The van der Waals surface area contributed by atoms with Gasteiger partial charge < -0.3 is 5.11 Å². The summed E-state index contributed by atoms with van der Waals surface area (Å²) < 4.78 is 1.28. The van der Waals surface area contributed by atoms with Gasteiger partial charge in [-0.3, -0.25) is 9.36 Å². The maximum Gasteiger partial charge on any atom is 0.326 e. The van der Waals surface area contributed by atoms with Crippen LogP contribution >= 0.6 is 22.9 Å². The molecule has 0 spiro atoms. The predicted octanol–water partition coefficient (Wildman–Crippen LogP) is 4.29. The fourth-order valence-electron chi connectivity index (χ4n) is 2.83. The largest absolute Gasteiger partial charge is 0.480 e.